The molecule has 1 aromatic carbocycles. The zero-order valence-electron chi connectivity index (χ0n) is 10.3. The topological polar surface area (TPSA) is 20.2 Å². The van der Waals surface area contributed by atoms with Crippen LogP contribution in [-0.4, -0.2) is 5.11 Å². The SMILES string of the molecule is CCCCCCCCC(O)c1[c]cccc1. The molecule has 1 N–H and O–H groups in total. The molecule has 16 heavy (non-hydrogen) atoms. The first-order valence-corrected chi connectivity index (χ1v) is 6.49. The van der Waals surface area contributed by atoms with E-state index in [1.54, 1.807) is 0 Å². The van der Waals surface area contributed by atoms with Crippen LogP contribution in [0.2, 0.25) is 0 Å². The highest BCUT2D eigenvalue weighted by molar-refractivity contribution is 5.15. The molecule has 89 valence electrons. The number of aliphatic hydroxyl groups excluding tert-OH is 1. The molecule has 0 saturated carbocycles. The van der Waals surface area contributed by atoms with Gasteiger partial charge in [0.05, 0.1) is 6.10 Å². The molecule has 0 bridgehead atoms. The third-order valence-electron chi connectivity index (χ3n) is 2.92. The summed E-state index contributed by atoms with van der Waals surface area (Å²) in [4.78, 5) is 0. The fourth-order valence-corrected chi connectivity index (χ4v) is 1.89. The van der Waals surface area contributed by atoms with Gasteiger partial charge in [0, 0.05) is 0 Å². The maximum atomic E-state index is 9.89. The quantitative estimate of drug-likeness (QED) is 0.647. The Hall–Kier alpha value is -0.820. The van der Waals surface area contributed by atoms with E-state index in [0.29, 0.717) is 0 Å². The van der Waals surface area contributed by atoms with Crippen molar-refractivity contribution in [2.75, 3.05) is 0 Å². The number of aliphatic hydroxyl groups is 1. The highest BCUT2D eigenvalue weighted by Crippen LogP contribution is 2.19. The van der Waals surface area contributed by atoms with Crippen LogP contribution in [0.1, 0.15) is 63.5 Å². The van der Waals surface area contributed by atoms with Gasteiger partial charge in [0.1, 0.15) is 0 Å². The molecule has 0 spiro atoms. The minimum Gasteiger partial charge on any atom is -0.388 e. The minimum atomic E-state index is -0.327. The van der Waals surface area contributed by atoms with E-state index < -0.39 is 0 Å². The summed E-state index contributed by atoms with van der Waals surface area (Å²) in [5, 5.41) is 9.89. The zero-order chi connectivity index (χ0) is 11.6. The summed E-state index contributed by atoms with van der Waals surface area (Å²) in [6.07, 6.45) is 8.18. The fourth-order valence-electron chi connectivity index (χ4n) is 1.89. The number of unbranched alkanes of at least 4 members (excludes halogenated alkanes) is 5. The van der Waals surface area contributed by atoms with Crippen LogP contribution < -0.4 is 0 Å². The van der Waals surface area contributed by atoms with Crippen molar-refractivity contribution in [2.24, 2.45) is 0 Å². The summed E-state index contributed by atoms with van der Waals surface area (Å²) < 4.78 is 0. The van der Waals surface area contributed by atoms with Crippen LogP contribution in [0.15, 0.2) is 24.3 Å². The molecule has 0 aromatic heterocycles. The predicted octanol–water partition coefficient (Wildman–Crippen LogP) is 4.27. The molecule has 0 saturated heterocycles. The van der Waals surface area contributed by atoms with Crippen LogP contribution in [0.3, 0.4) is 0 Å². The van der Waals surface area contributed by atoms with Crippen LogP contribution in [0, 0.1) is 6.07 Å². The summed E-state index contributed by atoms with van der Waals surface area (Å²) in [6, 6.07) is 10.8. The summed E-state index contributed by atoms with van der Waals surface area (Å²) in [7, 11) is 0. The van der Waals surface area contributed by atoms with Gasteiger partial charge in [-0.05, 0) is 18.1 Å². The molecular weight excluding hydrogens is 196 g/mol. The van der Waals surface area contributed by atoms with E-state index in [-0.39, 0.29) is 6.10 Å². The molecule has 0 aliphatic rings. The number of hydrogen-bond donors (Lipinski definition) is 1. The van der Waals surface area contributed by atoms with Gasteiger partial charge in [-0.1, -0.05) is 69.7 Å². The lowest BCUT2D eigenvalue weighted by Gasteiger charge is -2.09. The molecule has 1 nitrogen and oxygen atoms in total. The first kappa shape index (κ1) is 13.2. The first-order valence-electron chi connectivity index (χ1n) is 6.49. The maximum Gasteiger partial charge on any atom is 0.0796 e. The normalized spacial score (nSPS) is 12.6. The van der Waals surface area contributed by atoms with Gasteiger partial charge < -0.3 is 5.11 Å². The molecule has 1 unspecified atom stereocenters. The van der Waals surface area contributed by atoms with Crippen molar-refractivity contribution in [1.29, 1.82) is 0 Å². The second-order valence-corrected chi connectivity index (χ2v) is 4.39. The van der Waals surface area contributed by atoms with E-state index in [9.17, 15) is 5.11 Å². The Kier molecular flexibility index (Phi) is 6.91. The summed E-state index contributed by atoms with van der Waals surface area (Å²) in [6.45, 7) is 2.23. The van der Waals surface area contributed by atoms with E-state index in [1.165, 1.54) is 32.1 Å². The maximum absolute atomic E-state index is 9.89. The smallest absolute Gasteiger partial charge is 0.0796 e. The van der Waals surface area contributed by atoms with E-state index in [4.69, 9.17) is 0 Å². The Morgan fingerprint density at radius 2 is 1.88 bits per heavy atom. The molecule has 0 amide bonds. The third-order valence-corrected chi connectivity index (χ3v) is 2.92. The average molecular weight is 219 g/mol. The predicted molar refractivity (Wildman–Crippen MR) is 68.2 cm³/mol. The second kappa shape index (κ2) is 8.35. The Morgan fingerprint density at radius 3 is 2.56 bits per heavy atom. The third kappa shape index (κ3) is 5.32. The van der Waals surface area contributed by atoms with Gasteiger partial charge in [-0.25, -0.2) is 0 Å². The second-order valence-electron chi connectivity index (χ2n) is 4.39. The largest absolute Gasteiger partial charge is 0.388 e. The molecule has 0 fully saturated rings. The molecule has 1 atom stereocenters. The van der Waals surface area contributed by atoms with Crippen molar-refractivity contribution in [3.05, 3.63) is 35.9 Å². The van der Waals surface area contributed by atoms with Crippen molar-refractivity contribution in [3.8, 4) is 0 Å². The van der Waals surface area contributed by atoms with Gasteiger partial charge in [-0.15, -0.1) is 0 Å². The molecule has 1 rings (SSSR count). The standard InChI is InChI=1S/C15H23O/c1-2-3-4-5-6-10-13-15(16)14-11-8-7-9-12-14/h7-9,11,15-16H,2-6,10,13H2,1H3. The lowest BCUT2D eigenvalue weighted by molar-refractivity contribution is 0.163. The van der Waals surface area contributed by atoms with Gasteiger partial charge in [0.2, 0.25) is 0 Å². The Labute approximate surface area is 99.5 Å². The minimum absolute atomic E-state index is 0.327. The van der Waals surface area contributed by atoms with Crippen molar-refractivity contribution >= 4 is 0 Å². The lowest BCUT2D eigenvalue weighted by Crippen LogP contribution is -1.97. The van der Waals surface area contributed by atoms with Crippen LogP contribution in [0.5, 0.6) is 0 Å². The Morgan fingerprint density at radius 1 is 1.12 bits per heavy atom. The first-order chi connectivity index (χ1) is 7.84. The lowest BCUT2D eigenvalue weighted by atomic mass is 10.0. The monoisotopic (exact) mass is 219 g/mol. The van der Waals surface area contributed by atoms with Gasteiger partial charge in [0.15, 0.2) is 0 Å². The number of rotatable bonds is 8. The highest BCUT2D eigenvalue weighted by Gasteiger charge is 2.05. The van der Waals surface area contributed by atoms with Crippen molar-refractivity contribution in [2.45, 2.75) is 58.0 Å². The number of benzene rings is 1. The molecule has 0 heterocycles. The highest BCUT2D eigenvalue weighted by atomic mass is 16.3. The van der Waals surface area contributed by atoms with Gasteiger partial charge in [-0.3, -0.25) is 0 Å². The van der Waals surface area contributed by atoms with E-state index in [0.717, 1.165) is 18.4 Å². The van der Waals surface area contributed by atoms with Crippen LogP contribution in [-0.2, 0) is 0 Å². The molecule has 0 aliphatic heterocycles. The van der Waals surface area contributed by atoms with Crippen molar-refractivity contribution < 1.29 is 5.11 Å². The average Bonchev–Trinajstić information content (AvgIpc) is 2.34. The van der Waals surface area contributed by atoms with Crippen LogP contribution in [0.25, 0.3) is 0 Å². The van der Waals surface area contributed by atoms with Gasteiger partial charge in [0.25, 0.3) is 0 Å². The summed E-state index contributed by atoms with van der Waals surface area (Å²) in [5.41, 5.74) is 0.927. The Bertz CT molecular complexity index is 255. The van der Waals surface area contributed by atoms with Gasteiger partial charge in [-0.2, -0.15) is 0 Å². The zero-order valence-corrected chi connectivity index (χ0v) is 10.3. The molecule has 1 radical (unpaired) electrons. The van der Waals surface area contributed by atoms with E-state index in [2.05, 4.69) is 13.0 Å². The summed E-state index contributed by atoms with van der Waals surface area (Å²) >= 11 is 0. The number of hydrogen-bond acceptors (Lipinski definition) is 1. The Balaban J connectivity index is 2.09. The summed E-state index contributed by atoms with van der Waals surface area (Å²) in [5.74, 6) is 0. The molecule has 0 aliphatic carbocycles. The van der Waals surface area contributed by atoms with Crippen LogP contribution >= 0.6 is 0 Å². The van der Waals surface area contributed by atoms with Crippen LogP contribution in [0.4, 0.5) is 0 Å². The molecule has 1 heteroatoms. The fraction of sp³-hybridized carbons (Fsp3) is 0.600. The van der Waals surface area contributed by atoms with Crippen molar-refractivity contribution in [3.63, 3.8) is 0 Å². The van der Waals surface area contributed by atoms with Crippen molar-refractivity contribution in [1.82, 2.24) is 0 Å². The van der Waals surface area contributed by atoms with Gasteiger partial charge >= 0.3 is 0 Å². The van der Waals surface area contributed by atoms with E-state index >= 15 is 0 Å². The van der Waals surface area contributed by atoms with E-state index in [1.807, 2.05) is 24.3 Å². The molecular formula is C15H23O. The molecule has 1 aromatic rings.